The Kier molecular flexibility index (Phi) is 16.9. The molecule has 5 heteroatoms. The Morgan fingerprint density at radius 2 is 0.368 bits per heavy atom. The SMILES string of the molecule is CC1(C)c2ccccc2-c2cc(-c3cccc(-c4cc(-c5ccccc5)nc(-c5ccc(-c6cccc(-c7cc(-c8cccc(-c9ccc%10c(c9)-c9ccccc9C%10(C)C)c8)nc(-c8ccc(-c9cccc(-c%10cc(-c%11ccccc%11)nc(-c%11cccc(-c%12ccc%13c(c%12)-c%12ccccc%12C%13(C)C)c%11)n%10)c9)cc8)n7)c6)cc5)c4)c3)ccc21. The maximum atomic E-state index is 5.50. The van der Waals surface area contributed by atoms with Gasteiger partial charge >= 0.3 is 0 Å². The van der Waals surface area contributed by atoms with Crippen molar-refractivity contribution < 1.29 is 0 Å². The molecule has 3 aliphatic carbocycles. The molecule has 0 saturated carbocycles. The molecule has 0 radical (unpaired) electrons. The Morgan fingerprint density at radius 3 is 0.752 bits per heavy atom. The molecule has 554 valence electrons. The van der Waals surface area contributed by atoms with E-state index in [2.05, 4.69) is 418 Å². The molecule has 0 amide bonds. The lowest BCUT2D eigenvalue weighted by atomic mass is 9.82. The second-order valence-electron chi connectivity index (χ2n) is 33.1. The van der Waals surface area contributed by atoms with Crippen LogP contribution in [0.15, 0.2) is 382 Å². The average molecular weight is 1500 g/mol. The maximum absolute atomic E-state index is 5.50. The number of pyridine rings is 1. The van der Waals surface area contributed by atoms with Crippen molar-refractivity contribution in [1.82, 2.24) is 24.9 Å². The summed E-state index contributed by atoms with van der Waals surface area (Å²) in [5, 5.41) is 0. The monoisotopic (exact) mass is 1500 g/mol. The van der Waals surface area contributed by atoms with Crippen LogP contribution in [-0.4, -0.2) is 24.9 Å². The van der Waals surface area contributed by atoms with E-state index in [-0.39, 0.29) is 16.2 Å². The summed E-state index contributed by atoms with van der Waals surface area (Å²) in [5.41, 5.74) is 42.4. The number of aromatic nitrogens is 5. The number of fused-ring (bicyclic) bond motifs is 9. The quantitative estimate of drug-likeness (QED) is 0.109. The second kappa shape index (κ2) is 28.0. The van der Waals surface area contributed by atoms with Gasteiger partial charge in [-0.2, -0.15) is 0 Å². The summed E-state index contributed by atoms with van der Waals surface area (Å²) < 4.78 is 0. The van der Waals surface area contributed by atoms with Crippen molar-refractivity contribution in [3.8, 4) is 190 Å². The van der Waals surface area contributed by atoms with Crippen LogP contribution in [0, 0.1) is 0 Å². The molecule has 15 aromatic carbocycles. The zero-order valence-corrected chi connectivity index (χ0v) is 66.1. The van der Waals surface area contributed by atoms with E-state index >= 15 is 0 Å². The third-order valence-electron chi connectivity index (χ3n) is 24.9. The molecule has 117 heavy (non-hydrogen) atoms. The van der Waals surface area contributed by atoms with Crippen molar-refractivity contribution in [2.75, 3.05) is 0 Å². The molecule has 0 bridgehead atoms. The fraction of sp³-hybridized carbons (Fsp3) is 0.0804. The van der Waals surface area contributed by atoms with Gasteiger partial charge < -0.3 is 0 Å². The first-order valence-corrected chi connectivity index (χ1v) is 40.6. The van der Waals surface area contributed by atoms with Crippen LogP contribution in [0.2, 0.25) is 0 Å². The van der Waals surface area contributed by atoms with Gasteiger partial charge in [0.05, 0.1) is 34.2 Å². The number of rotatable bonds is 14. The van der Waals surface area contributed by atoms with Crippen LogP contribution < -0.4 is 0 Å². The molecule has 21 rings (SSSR count). The molecule has 0 N–H and O–H groups in total. The van der Waals surface area contributed by atoms with Gasteiger partial charge in [-0.1, -0.05) is 351 Å². The molecular weight excluding hydrogens is 1420 g/mol. The molecule has 18 aromatic rings. The Bertz CT molecular complexity index is 7010. The molecule has 5 nitrogen and oxygen atoms in total. The molecule has 0 fully saturated rings. The normalized spacial score (nSPS) is 13.4. The number of hydrogen-bond donors (Lipinski definition) is 0. The van der Waals surface area contributed by atoms with Gasteiger partial charge in [0.15, 0.2) is 11.6 Å². The predicted molar refractivity (Wildman–Crippen MR) is 484 cm³/mol. The molecule has 0 saturated heterocycles. The van der Waals surface area contributed by atoms with Gasteiger partial charge in [-0.25, -0.2) is 24.9 Å². The topological polar surface area (TPSA) is 64.5 Å². The Labute approximate surface area is 684 Å². The zero-order chi connectivity index (χ0) is 78.7. The molecule has 3 aromatic heterocycles. The van der Waals surface area contributed by atoms with Crippen LogP contribution in [0.4, 0.5) is 0 Å². The lowest BCUT2D eigenvalue weighted by molar-refractivity contribution is 0.660. The molecule has 0 aliphatic heterocycles. The van der Waals surface area contributed by atoms with Gasteiger partial charge in [0.1, 0.15) is 0 Å². The zero-order valence-electron chi connectivity index (χ0n) is 66.1. The highest BCUT2D eigenvalue weighted by Gasteiger charge is 2.38. The second-order valence-corrected chi connectivity index (χ2v) is 33.1. The van der Waals surface area contributed by atoms with E-state index < -0.39 is 0 Å². The van der Waals surface area contributed by atoms with Crippen LogP contribution in [0.25, 0.3) is 190 Å². The van der Waals surface area contributed by atoms with Crippen molar-refractivity contribution in [3.05, 3.63) is 416 Å². The van der Waals surface area contributed by atoms with E-state index in [0.29, 0.717) is 11.6 Å². The fourth-order valence-electron chi connectivity index (χ4n) is 18.6. The maximum Gasteiger partial charge on any atom is 0.160 e. The van der Waals surface area contributed by atoms with Crippen molar-refractivity contribution in [1.29, 1.82) is 0 Å². The van der Waals surface area contributed by atoms with Gasteiger partial charge in [0, 0.05) is 60.8 Å². The summed E-state index contributed by atoms with van der Waals surface area (Å²) in [6.45, 7) is 14.0. The molecular formula is C112H81N5. The standard InChI is InChI=1S/C112H81N5/c1-110(2)96-41-16-13-38-90(96)93-63-82(52-55-99(93)110)78-30-19-33-81(58-78)89-66-102(72-24-9-7-10-25-72)113-103(67-89)74-48-44-70(45-49-74)76-28-20-35-86(59-76)106-69-107(87-36-22-31-79(61-87)83-53-56-100-94(64-83)91-39-14-17-42-97(91)111(100,3)4)116-108(115-106)75-50-46-71(47-51-75)77-29-21-34-85(60-77)105-68-104(73-26-11-8-12-27-73)114-109(117-105)88-37-23-32-80(62-88)84-54-57-101-95(65-84)92-40-15-18-43-98(92)112(101,5)6/h7-69H,1-6H3. The molecule has 0 unspecified atom stereocenters. The van der Waals surface area contributed by atoms with Gasteiger partial charge in [-0.15, -0.1) is 0 Å². The van der Waals surface area contributed by atoms with Gasteiger partial charge in [0.25, 0.3) is 0 Å². The molecule has 0 atom stereocenters. The van der Waals surface area contributed by atoms with E-state index in [4.69, 9.17) is 24.9 Å². The highest BCUT2D eigenvalue weighted by molar-refractivity contribution is 5.91. The first-order valence-electron chi connectivity index (χ1n) is 40.6. The lowest BCUT2D eigenvalue weighted by Crippen LogP contribution is -2.14. The third kappa shape index (κ3) is 12.5. The Hall–Kier alpha value is -14.4. The Balaban J connectivity index is 0.612. The summed E-state index contributed by atoms with van der Waals surface area (Å²) in [6.07, 6.45) is 0. The predicted octanol–water partition coefficient (Wildman–Crippen LogP) is 28.9. The summed E-state index contributed by atoms with van der Waals surface area (Å²) in [4.78, 5) is 27.1. The summed E-state index contributed by atoms with van der Waals surface area (Å²) >= 11 is 0. The van der Waals surface area contributed by atoms with Crippen molar-refractivity contribution in [2.24, 2.45) is 0 Å². The number of hydrogen-bond acceptors (Lipinski definition) is 5. The summed E-state index contributed by atoms with van der Waals surface area (Å²) in [5.74, 6) is 1.29. The fourth-order valence-corrected chi connectivity index (χ4v) is 18.6. The third-order valence-corrected chi connectivity index (χ3v) is 24.9. The van der Waals surface area contributed by atoms with Crippen LogP contribution in [0.5, 0.6) is 0 Å². The molecule has 0 spiro atoms. The van der Waals surface area contributed by atoms with Crippen molar-refractivity contribution in [3.63, 3.8) is 0 Å². The van der Waals surface area contributed by atoms with Crippen LogP contribution in [-0.2, 0) is 16.2 Å². The van der Waals surface area contributed by atoms with Crippen LogP contribution in [0.1, 0.15) is 74.9 Å². The Morgan fingerprint density at radius 1 is 0.137 bits per heavy atom. The van der Waals surface area contributed by atoms with E-state index in [9.17, 15) is 0 Å². The van der Waals surface area contributed by atoms with Gasteiger partial charge in [-0.05, 0) is 206 Å². The van der Waals surface area contributed by atoms with Crippen molar-refractivity contribution >= 4 is 0 Å². The highest BCUT2D eigenvalue weighted by Crippen LogP contribution is 2.53. The average Bonchev–Trinajstić information content (AvgIpc) is 1.59. The van der Waals surface area contributed by atoms with Gasteiger partial charge in [0.2, 0.25) is 0 Å². The minimum absolute atomic E-state index is 0.0540. The molecule has 3 heterocycles. The largest absolute Gasteiger partial charge is 0.248 e. The lowest BCUT2D eigenvalue weighted by Gasteiger charge is -2.21. The van der Waals surface area contributed by atoms with E-state index in [1.807, 2.05) is 6.07 Å². The number of benzene rings is 15. The summed E-state index contributed by atoms with van der Waals surface area (Å²) in [7, 11) is 0. The minimum atomic E-state index is -0.0893. The summed E-state index contributed by atoms with van der Waals surface area (Å²) in [6, 6.07) is 139. The minimum Gasteiger partial charge on any atom is -0.248 e. The van der Waals surface area contributed by atoms with Gasteiger partial charge in [-0.3, -0.25) is 0 Å². The first-order chi connectivity index (χ1) is 57.2. The van der Waals surface area contributed by atoms with Crippen molar-refractivity contribution in [2.45, 2.75) is 57.8 Å². The smallest absolute Gasteiger partial charge is 0.160 e. The van der Waals surface area contributed by atoms with E-state index in [1.165, 1.54) is 77.9 Å². The van der Waals surface area contributed by atoms with Crippen LogP contribution in [0.3, 0.4) is 0 Å². The molecule has 3 aliphatic rings. The van der Waals surface area contributed by atoms with E-state index in [0.717, 1.165) is 134 Å². The first kappa shape index (κ1) is 70.5. The highest BCUT2D eigenvalue weighted by atomic mass is 14.9. The van der Waals surface area contributed by atoms with Crippen LogP contribution >= 0.6 is 0 Å². The van der Waals surface area contributed by atoms with E-state index in [1.54, 1.807) is 0 Å². The number of nitrogens with zero attached hydrogens (tertiary/aromatic N) is 5.